The van der Waals surface area contributed by atoms with Crippen molar-refractivity contribution in [2.24, 2.45) is 5.92 Å². The van der Waals surface area contributed by atoms with Crippen molar-refractivity contribution >= 4 is 24.2 Å². The first-order valence-electron chi connectivity index (χ1n) is 6.53. The number of aliphatic hydroxyl groups is 1. The Morgan fingerprint density at radius 2 is 2.29 bits per heavy atom. The maximum absolute atomic E-state index is 9.09. The molecule has 0 saturated carbocycles. The Hall–Kier alpha value is 0.520. The summed E-state index contributed by atoms with van der Waals surface area (Å²) in [4.78, 5) is 2.62. The van der Waals surface area contributed by atoms with E-state index in [9.17, 15) is 0 Å². The summed E-state index contributed by atoms with van der Waals surface area (Å²) < 4.78 is 0. The molecule has 2 N–H and O–H groups in total. The zero-order chi connectivity index (χ0) is 11.2. The number of aliphatic hydroxyl groups excluding tert-OH is 1. The van der Waals surface area contributed by atoms with Crippen molar-refractivity contribution in [3.05, 3.63) is 0 Å². The normalized spacial score (nSPS) is 30.9. The van der Waals surface area contributed by atoms with E-state index in [0.717, 1.165) is 12.3 Å². The lowest BCUT2D eigenvalue weighted by Crippen LogP contribution is -2.47. The minimum atomic E-state index is 0. The third-order valence-electron chi connectivity index (χ3n) is 3.70. The lowest BCUT2D eigenvalue weighted by Gasteiger charge is -2.38. The lowest BCUT2D eigenvalue weighted by molar-refractivity contribution is 0.143. The Morgan fingerprint density at radius 1 is 1.41 bits per heavy atom. The lowest BCUT2D eigenvalue weighted by atomic mass is 9.98. The highest BCUT2D eigenvalue weighted by Crippen LogP contribution is 2.21. The number of rotatable bonds is 4. The summed E-state index contributed by atoms with van der Waals surface area (Å²) in [7, 11) is 0. The number of piperidine rings is 1. The van der Waals surface area contributed by atoms with E-state index in [0.29, 0.717) is 12.6 Å². The van der Waals surface area contributed by atoms with Gasteiger partial charge in [0.1, 0.15) is 0 Å². The van der Waals surface area contributed by atoms with E-state index >= 15 is 0 Å². The molecule has 102 valence electrons. The van der Waals surface area contributed by atoms with E-state index in [2.05, 4.69) is 10.2 Å². The zero-order valence-electron chi connectivity index (χ0n) is 10.4. The quantitative estimate of drug-likeness (QED) is 0.811. The van der Waals surface area contributed by atoms with E-state index in [1.54, 1.807) is 0 Å². The van der Waals surface area contributed by atoms with Gasteiger partial charge in [0.15, 0.2) is 0 Å². The van der Waals surface area contributed by atoms with Gasteiger partial charge in [-0.2, -0.15) is 11.8 Å². The molecule has 0 spiro atoms. The van der Waals surface area contributed by atoms with E-state index in [4.69, 9.17) is 5.11 Å². The molecule has 2 rings (SSSR count). The number of hydrogen-bond acceptors (Lipinski definition) is 4. The van der Waals surface area contributed by atoms with Gasteiger partial charge in [-0.1, -0.05) is 0 Å². The van der Waals surface area contributed by atoms with Crippen molar-refractivity contribution in [3.63, 3.8) is 0 Å². The molecule has 0 radical (unpaired) electrons. The van der Waals surface area contributed by atoms with Gasteiger partial charge in [0, 0.05) is 37.2 Å². The highest BCUT2D eigenvalue weighted by molar-refractivity contribution is 7.99. The van der Waals surface area contributed by atoms with Crippen LogP contribution in [0.2, 0.25) is 0 Å². The van der Waals surface area contributed by atoms with Crippen LogP contribution >= 0.6 is 24.2 Å². The number of thioether (sulfide) groups is 1. The van der Waals surface area contributed by atoms with Crippen LogP contribution in [0.15, 0.2) is 0 Å². The molecule has 0 aromatic rings. The van der Waals surface area contributed by atoms with Crippen molar-refractivity contribution in [1.82, 2.24) is 10.2 Å². The number of nitrogens with zero attached hydrogens (tertiary/aromatic N) is 1. The molecule has 2 heterocycles. The maximum Gasteiger partial charge on any atom is 0.0446 e. The second-order valence-electron chi connectivity index (χ2n) is 4.95. The van der Waals surface area contributed by atoms with Crippen LogP contribution in [0.4, 0.5) is 0 Å². The Morgan fingerprint density at radius 3 is 3.00 bits per heavy atom. The van der Waals surface area contributed by atoms with Crippen LogP contribution < -0.4 is 5.32 Å². The first-order valence-corrected chi connectivity index (χ1v) is 7.69. The van der Waals surface area contributed by atoms with Gasteiger partial charge < -0.3 is 10.4 Å². The van der Waals surface area contributed by atoms with E-state index < -0.39 is 0 Å². The molecular formula is C12H25ClN2OS. The van der Waals surface area contributed by atoms with Gasteiger partial charge in [-0.15, -0.1) is 12.4 Å². The molecule has 0 bridgehead atoms. The topological polar surface area (TPSA) is 35.5 Å². The summed E-state index contributed by atoms with van der Waals surface area (Å²) in [6.07, 6.45) is 3.66. The summed E-state index contributed by atoms with van der Waals surface area (Å²) in [6, 6.07) is 0.616. The van der Waals surface area contributed by atoms with Gasteiger partial charge in [-0.3, -0.25) is 4.90 Å². The first-order chi connectivity index (χ1) is 7.90. The maximum atomic E-state index is 9.09. The summed E-state index contributed by atoms with van der Waals surface area (Å²) >= 11 is 2.04. The van der Waals surface area contributed by atoms with Crippen LogP contribution in [0.5, 0.6) is 0 Å². The molecule has 2 saturated heterocycles. The van der Waals surface area contributed by atoms with Crippen molar-refractivity contribution in [1.29, 1.82) is 0 Å². The Kier molecular flexibility index (Phi) is 7.87. The average Bonchev–Trinajstić information content (AvgIpc) is 2.33. The second-order valence-corrected chi connectivity index (χ2v) is 6.10. The molecule has 2 aliphatic rings. The van der Waals surface area contributed by atoms with Gasteiger partial charge >= 0.3 is 0 Å². The highest BCUT2D eigenvalue weighted by Gasteiger charge is 2.25. The van der Waals surface area contributed by atoms with Crippen LogP contribution in [-0.4, -0.2) is 60.3 Å². The summed E-state index contributed by atoms with van der Waals surface area (Å²) in [5.41, 5.74) is 0. The van der Waals surface area contributed by atoms with Gasteiger partial charge in [0.05, 0.1) is 0 Å². The van der Waals surface area contributed by atoms with Crippen LogP contribution in [0.1, 0.15) is 19.3 Å². The predicted molar refractivity (Wildman–Crippen MR) is 77.2 cm³/mol. The summed E-state index contributed by atoms with van der Waals surface area (Å²) in [6.45, 7) is 5.18. The van der Waals surface area contributed by atoms with E-state index in [1.807, 2.05) is 11.8 Å². The molecule has 0 aromatic heterocycles. The van der Waals surface area contributed by atoms with Gasteiger partial charge in [-0.25, -0.2) is 0 Å². The fourth-order valence-corrected chi connectivity index (χ4v) is 3.94. The smallest absolute Gasteiger partial charge is 0.0446 e. The fourth-order valence-electron chi connectivity index (χ4n) is 2.76. The molecule has 17 heavy (non-hydrogen) atoms. The monoisotopic (exact) mass is 280 g/mol. The highest BCUT2D eigenvalue weighted by atomic mass is 35.5. The van der Waals surface area contributed by atoms with Gasteiger partial charge in [0.2, 0.25) is 0 Å². The zero-order valence-corrected chi connectivity index (χ0v) is 12.1. The molecule has 5 heteroatoms. The van der Waals surface area contributed by atoms with E-state index in [1.165, 1.54) is 50.5 Å². The number of hydrogen-bond donors (Lipinski definition) is 2. The van der Waals surface area contributed by atoms with Crippen molar-refractivity contribution in [2.45, 2.75) is 25.3 Å². The molecule has 2 aliphatic heterocycles. The molecule has 0 amide bonds. The Balaban J connectivity index is 0.00000144. The molecule has 2 unspecified atom stereocenters. The fraction of sp³-hybridized carbons (Fsp3) is 1.00. The summed E-state index contributed by atoms with van der Waals surface area (Å²) in [5.74, 6) is 3.31. The molecule has 0 aliphatic carbocycles. The predicted octanol–water partition coefficient (Wildman–Crippen LogP) is 1.21. The van der Waals surface area contributed by atoms with Crippen molar-refractivity contribution in [2.75, 3.05) is 44.3 Å². The summed E-state index contributed by atoms with van der Waals surface area (Å²) in [5, 5.41) is 12.6. The van der Waals surface area contributed by atoms with Crippen LogP contribution in [0.3, 0.4) is 0 Å². The van der Waals surface area contributed by atoms with Crippen LogP contribution in [-0.2, 0) is 0 Å². The molecule has 2 atom stereocenters. The second kappa shape index (κ2) is 8.59. The third kappa shape index (κ3) is 4.95. The standard InChI is InChI=1S/C12H24N2OS.ClH/c15-6-3-12-10-16-7-5-14(12)9-11-2-1-4-13-8-11;/h11-13,15H,1-10H2;1H. The number of halogens is 1. The molecule has 0 aromatic carbocycles. The number of nitrogens with one attached hydrogen (secondary N) is 1. The molecular weight excluding hydrogens is 256 g/mol. The molecule has 2 fully saturated rings. The third-order valence-corrected chi connectivity index (χ3v) is 4.80. The average molecular weight is 281 g/mol. The minimum absolute atomic E-state index is 0. The van der Waals surface area contributed by atoms with Gasteiger partial charge in [-0.05, 0) is 38.3 Å². The van der Waals surface area contributed by atoms with Crippen molar-refractivity contribution in [3.8, 4) is 0 Å². The van der Waals surface area contributed by atoms with Crippen LogP contribution in [0, 0.1) is 5.92 Å². The van der Waals surface area contributed by atoms with Crippen molar-refractivity contribution < 1.29 is 5.11 Å². The Bertz CT molecular complexity index is 201. The Labute approximate surface area is 115 Å². The first kappa shape index (κ1) is 15.6. The SMILES string of the molecule is Cl.OCCC1CSCCN1CC1CCCNC1. The molecule has 3 nitrogen and oxygen atoms in total. The largest absolute Gasteiger partial charge is 0.396 e. The minimum Gasteiger partial charge on any atom is -0.396 e. The van der Waals surface area contributed by atoms with E-state index in [-0.39, 0.29) is 12.4 Å². The van der Waals surface area contributed by atoms with Gasteiger partial charge in [0.25, 0.3) is 0 Å². The van der Waals surface area contributed by atoms with Crippen LogP contribution in [0.25, 0.3) is 0 Å².